The molecule has 2 aromatic rings. The first-order valence-corrected chi connectivity index (χ1v) is 7.78. The first-order valence-electron chi connectivity index (χ1n) is 6.79. The molecule has 0 radical (unpaired) electrons. The topological polar surface area (TPSA) is 52.0 Å². The van der Waals surface area contributed by atoms with Crippen molar-refractivity contribution in [1.82, 2.24) is 14.9 Å². The first kappa shape index (κ1) is 13.3. The molecule has 1 aromatic heterocycles. The lowest BCUT2D eigenvalue weighted by Gasteiger charge is -2.26. The monoisotopic (exact) mass is 290 g/mol. The fraction of sp³-hybridized carbons (Fsp3) is 0.429. The van der Waals surface area contributed by atoms with Gasteiger partial charge in [-0.15, -0.1) is 10.2 Å². The van der Waals surface area contributed by atoms with Crippen molar-refractivity contribution in [2.24, 2.45) is 0 Å². The lowest BCUT2D eigenvalue weighted by atomic mass is 10.1. The molecule has 1 aliphatic heterocycles. The summed E-state index contributed by atoms with van der Waals surface area (Å²) in [7, 11) is 1.68. The zero-order valence-corrected chi connectivity index (χ0v) is 12.5. The fourth-order valence-electron chi connectivity index (χ4n) is 2.27. The summed E-state index contributed by atoms with van der Waals surface area (Å²) >= 11 is 1.74. The summed E-state index contributed by atoms with van der Waals surface area (Å²) in [6.07, 6.45) is 2.01. The van der Waals surface area contributed by atoms with Crippen LogP contribution in [-0.4, -0.2) is 27.7 Å². The van der Waals surface area contributed by atoms with Crippen LogP contribution in [0.25, 0.3) is 0 Å². The number of fused-ring (bicyclic) bond motifs is 1. The third-order valence-electron chi connectivity index (χ3n) is 3.36. The van der Waals surface area contributed by atoms with Gasteiger partial charge < -0.3 is 10.2 Å². The Kier molecular flexibility index (Phi) is 3.82. The number of aryl methyl sites for hydroxylation is 1. The van der Waals surface area contributed by atoms with Gasteiger partial charge in [-0.05, 0) is 24.1 Å². The Hall–Kier alpha value is -1.69. The fourth-order valence-corrected chi connectivity index (χ4v) is 3.24. The predicted octanol–water partition coefficient (Wildman–Crippen LogP) is 2.63. The van der Waals surface area contributed by atoms with Gasteiger partial charge in [0.1, 0.15) is 5.75 Å². The molecule has 0 fully saturated rings. The summed E-state index contributed by atoms with van der Waals surface area (Å²) in [5, 5.41) is 9.43. The largest absolute Gasteiger partial charge is 0.497 e. The van der Waals surface area contributed by atoms with E-state index in [1.807, 2.05) is 16.8 Å². The molecule has 1 aliphatic rings. The molecule has 0 spiro atoms. The number of ether oxygens (including phenoxy) is 1. The minimum absolute atomic E-state index is 0.269. The van der Waals surface area contributed by atoms with Gasteiger partial charge in [-0.1, -0.05) is 30.8 Å². The molecule has 0 saturated carbocycles. The molecule has 3 rings (SSSR count). The summed E-state index contributed by atoms with van der Waals surface area (Å²) in [5.41, 5.74) is 4.76. The molecule has 0 bridgehead atoms. The Morgan fingerprint density at radius 3 is 2.85 bits per heavy atom. The van der Waals surface area contributed by atoms with Gasteiger partial charge in [-0.3, -0.25) is 0 Å². The third kappa shape index (κ3) is 2.47. The Bertz CT molecular complexity index is 581. The zero-order chi connectivity index (χ0) is 13.9. The average Bonchev–Trinajstić information content (AvgIpc) is 2.90. The maximum Gasteiger partial charge on any atom is 0.210 e. The van der Waals surface area contributed by atoms with Gasteiger partial charge in [0, 0.05) is 12.2 Å². The van der Waals surface area contributed by atoms with Crippen molar-refractivity contribution in [2.75, 3.05) is 18.3 Å². The van der Waals surface area contributed by atoms with Gasteiger partial charge in [-0.25, -0.2) is 4.68 Å². The van der Waals surface area contributed by atoms with Gasteiger partial charge in [0.05, 0.1) is 13.2 Å². The Morgan fingerprint density at radius 1 is 1.35 bits per heavy atom. The van der Waals surface area contributed by atoms with Crippen LogP contribution in [0.15, 0.2) is 29.4 Å². The highest BCUT2D eigenvalue weighted by Gasteiger charge is 2.23. The highest BCUT2D eigenvalue weighted by atomic mass is 32.2. The van der Waals surface area contributed by atoms with Crippen molar-refractivity contribution in [1.29, 1.82) is 0 Å². The van der Waals surface area contributed by atoms with E-state index in [4.69, 9.17) is 4.74 Å². The zero-order valence-electron chi connectivity index (χ0n) is 11.7. The van der Waals surface area contributed by atoms with Gasteiger partial charge in [0.15, 0.2) is 5.82 Å². The Balaban J connectivity index is 1.81. The molecule has 106 valence electrons. The number of benzene rings is 1. The van der Waals surface area contributed by atoms with Crippen molar-refractivity contribution in [3.05, 3.63) is 35.7 Å². The third-order valence-corrected chi connectivity index (χ3v) is 4.38. The molecule has 1 unspecified atom stereocenters. The summed E-state index contributed by atoms with van der Waals surface area (Å²) in [6, 6.07) is 8.47. The van der Waals surface area contributed by atoms with Crippen molar-refractivity contribution >= 4 is 11.8 Å². The maximum atomic E-state index is 5.20. The predicted molar refractivity (Wildman–Crippen MR) is 79.8 cm³/mol. The van der Waals surface area contributed by atoms with E-state index in [1.165, 1.54) is 5.56 Å². The van der Waals surface area contributed by atoms with Crippen LogP contribution in [0.2, 0.25) is 0 Å². The second-order valence-corrected chi connectivity index (χ2v) is 5.74. The smallest absolute Gasteiger partial charge is 0.210 e. The molecule has 1 N–H and O–H groups in total. The van der Waals surface area contributed by atoms with Crippen molar-refractivity contribution in [3.63, 3.8) is 0 Å². The Labute approximate surface area is 122 Å². The number of nitrogens with zero attached hydrogens (tertiary/aromatic N) is 3. The maximum absolute atomic E-state index is 5.20. The molecule has 2 heterocycles. The van der Waals surface area contributed by atoms with Crippen molar-refractivity contribution in [2.45, 2.75) is 31.0 Å². The minimum atomic E-state index is 0.269. The summed E-state index contributed by atoms with van der Waals surface area (Å²) in [4.78, 5) is 0. The molecule has 0 saturated heterocycles. The molecule has 0 aliphatic carbocycles. The molecule has 1 aromatic carbocycles. The highest BCUT2D eigenvalue weighted by Crippen LogP contribution is 2.30. The van der Waals surface area contributed by atoms with Gasteiger partial charge >= 0.3 is 0 Å². The average molecular weight is 290 g/mol. The van der Waals surface area contributed by atoms with E-state index in [2.05, 4.69) is 34.7 Å². The van der Waals surface area contributed by atoms with Crippen LogP contribution in [0, 0.1) is 0 Å². The van der Waals surface area contributed by atoms with E-state index in [0.29, 0.717) is 0 Å². The van der Waals surface area contributed by atoms with Crippen LogP contribution >= 0.6 is 11.8 Å². The SMILES string of the molecule is CCCc1nnc2n1NC(c1ccc(OC)cc1)CS2. The minimum Gasteiger partial charge on any atom is -0.497 e. The molecular weight excluding hydrogens is 272 g/mol. The van der Waals surface area contributed by atoms with E-state index >= 15 is 0 Å². The van der Waals surface area contributed by atoms with Crippen LogP contribution in [-0.2, 0) is 6.42 Å². The first-order chi connectivity index (χ1) is 9.81. The summed E-state index contributed by atoms with van der Waals surface area (Å²) in [6.45, 7) is 2.15. The molecule has 1 atom stereocenters. The number of thioether (sulfide) groups is 1. The molecular formula is C14H18N4OS. The van der Waals surface area contributed by atoms with Crippen LogP contribution in [0.3, 0.4) is 0 Å². The van der Waals surface area contributed by atoms with E-state index < -0.39 is 0 Å². The van der Waals surface area contributed by atoms with Crippen molar-refractivity contribution in [3.8, 4) is 5.75 Å². The van der Waals surface area contributed by atoms with Crippen LogP contribution in [0.5, 0.6) is 5.75 Å². The van der Waals surface area contributed by atoms with Crippen LogP contribution < -0.4 is 10.2 Å². The number of aromatic nitrogens is 3. The van der Waals surface area contributed by atoms with Crippen LogP contribution in [0.4, 0.5) is 0 Å². The molecule has 5 nitrogen and oxygen atoms in total. The van der Waals surface area contributed by atoms with Gasteiger partial charge in [-0.2, -0.15) is 0 Å². The number of hydrogen-bond donors (Lipinski definition) is 1. The van der Waals surface area contributed by atoms with E-state index in [0.717, 1.165) is 35.3 Å². The number of hydrogen-bond acceptors (Lipinski definition) is 5. The second-order valence-electron chi connectivity index (χ2n) is 4.75. The number of rotatable bonds is 4. The van der Waals surface area contributed by atoms with Crippen molar-refractivity contribution < 1.29 is 4.74 Å². The lowest BCUT2D eigenvalue weighted by molar-refractivity contribution is 0.414. The van der Waals surface area contributed by atoms with E-state index in [-0.39, 0.29) is 6.04 Å². The molecule has 20 heavy (non-hydrogen) atoms. The van der Waals surface area contributed by atoms with Gasteiger partial charge in [0.2, 0.25) is 5.16 Å². The quantitative estimate of drug-likeness (QED) is 0.938. The number of methoxy groups -OCH3 is 1. The number of nitrogens with one attached hydrogen (secondary N) is 1. The Morgan fingerprint density at radius 2 is 2.15 bits per heavy atom. The molecule has 6 heteroatoms. The van der Waals surface area contributed by atoms with E-state index in [9.17, 15) is 0 Å². The van der Waals surface area contributed by atoms with Gasteiger partial charge in [0.25, 0.3) is 0 Å². The summed E-state index contributed by atoms with van der Waals surface area (Å²) in [5.74, 6) is 2.85. The molecule has 0 amide bonds. The summed E-state index contributed by atoms with van der Waals surface area (Å²) < 4.78 is 7.23. The standard InChI is InChI=1S/C14H18N4OS/c1-3-4-13-15-16-14-18(13)17-12(9-20-14)10-5-7-11(19-2)8-6-10/h5-8,12,17H,3-4,9H2,1-2H3. The highest BCUT2D eigenvalue weighted by molar-refractivity contribution is 7.99. The van der Waals surface area contributed by atoms with E-state index in [1.54, 1.807) is 18.9 Å². The normalized spacial score (nSPS) is 17.4. The second kappa shape index (κ2) is 5.75. The van der Waals surface area contributed by atoms with Crippen LogP contribution in [0.1, 0.15) is 30.8 Å². The lowest BCUT2D eigenvalue weighted by Crippen LogP contribution is -2.29.